The van der Waals surface area contributed by atoms with Crippen molar-refractivity contribution >= 4 is 20.8 Å². The molecule has 0 unspecified atom stereocenters. The van der Waals surface area contributed by atoms with Gasteiger partial charge in [0.15, 0.2) is 0 Å². The fourth-order valence-corrected chi connectivity index (χ4v) is 5.02. The van der Waals surface area contributed by atoms with Gasteiger partial charge in [-0.1, -0.05) is 30.3 Å². The number of hydrogen-bond donors (Lipinski definition) is 3. The molecule has 0 amide bonds. The second-order valence-corrected chi connectivity index (χ2v) is 9.17. The number of aryl methyl sites for hydroxylation is 1. The standard InChI is InChI=1S/C21H24N4O4S/c1-15-6-7-16(20-17-4-2-3-5-18(17)21(26)24-23-20)14-19(15)30(27,28)22-8-9-25-10-12-29-13-11-25/h2-7,14,22H,8-13H2,1H3,(H,24,26)/p+1. The van der Waals surface area contributed by atoms with Crippen molar-refractivity contribution in [3.63, 3.8) is 0 Å². The molecule has 1 aliphatic rings. The molecule has 0 aliphatic carbocycles. The van der Waals surface area contributed by atoms with Gasteiger partial charge in [0.05, 0.1) is 42.3 Å². The van der Waals surface area contributed by atoms with Crippen LogP contribution in [0.1, 0.15) is 5.56 Å². The fraction of sp³-hybridized carbons (Fsp3) is 0.333. The first kappa shape index (κ1) is 20.7. The number of nitrogens with zero attached hydrogens (tertiary/aromatic N) is 1. The summed E-state index contributed by atoms with van der Waals surface area (Å²) in [6.07, 6.45) is 0. The quantitative estimate of drug-likeness (QED) is 0.515. The van der Waals surface area contributed by atoms with Gasteiger partial charge in [0.1, 0.15) is 13.1 Å². The molecular weight excluding hydrogens is 404 g/mol. The third-order valence-corrected chi connectivity index (χ3v) is 7.02. The highest BCUT2D eigenvalue weighted by Crippen LogP contribution is 2.27. The smallest absolute Gasteiger partial charge is 0.272 e. The van der Waals surface area contributed by atoms with E-state index < -0.39 is 10.0 Å². The van der Waals surface area contributed by atoms with Crippen molar-refractivity contribution in [1.82, 2.24) is 14.9 Å². The number of hydrogen-bond acceptors (Lipinski definition) is 5. The topological polar surface area (TPSA) is 106 Å². The number of aromatic amines is 1. The van der Waals surface area contributed by atoms with Crippen LogP contribution in [0.25, 0.3) is 22.0 Å². The SMILES string of the molecule is Cc1ccc(-c2n[nH]c(=O)c3ccccc23)cc1S(=O)(=O)NCC[NH+]1CCOCC1. The lowest BCUT2D eigenvalue weighted by atomic mass is 10.0. The highest BCUT2D eigenvalue weighted by atomic mass is 32.2. The minimum absolute atomic E-state index is 0.217. The maximum atomic E-state index is 13.0. The molecule has 1 aliphatic heterocycles. The van der Waals surface area contributed by atoms with Gasteiger partial charge in [-0.05, 0) is 24.6 Å². The molecule has 1 fully saturated rings. The summed E-state index contributed by atoms with van der Waals surface area (Å²) in [5.41, 5.74) is 1.55. The Hall–Kier alpha value is -2.59. The zero-order chi connectivity index (χ0) is 21.1. The van der Waals surface area contributed by atoms with Crippen LogP contribution in [-0.2, 0) is 14.8 Å². The summed E-state index contributed by atoms with van der Waals surface area (Å²) in [6.45, 7) is 6.05. The van der Waals surface area contributed by atoms with Gasteiger partial charge in [-0.2, -0.15) is 5.10 Å². The average molecular weight is 430 g/mol. The summed E-state index contributed by atoms with van der Waals surface area (Å²) in [6, 6.07) is 12.3. The summed E-state index contributed by atoms with van der Waals surface area (Å²) in [7, 11) is -3.68. The Morgan fingerprint density at radius 3 is 2.63 bits per heavy atom. The number of quaternary nitrogens is 1. The summed E-state index contributed by atoms with van der Waals surface area (Å²) in [4.78, 5) is 13.6. The zero-order valence-electron chi connectivity index (χ0n) is 16.8. The van der Waals surface area contributed by atoms with Crippen LogP contribution in [0.4, 0.5) is 0 Å². The van der Waals surface area contributed by atoms with Gasteiger partial charge in [-0.25, -0.2) is 18.2 Å². The summed E-state index contributed by atoms with van der Waals surface area (Å²) in [5.74, 6) is 0. The number of fused-ring (bicyclic) bond motifs is 1. The van der Waals surface area contributed by atoms with Gasteiger partial charge in [0.2, 0.25) is 10.0 Å². The molecule has 3 N–H and O–H groups in total. The molecule has 0 bridgehead atoms. The van der Waals surface area contributed by atoms with Gasteiger partial charge >= 0.3 is 0 Å². The number of benzene rings is 2. The number of H-pyrrole nitrogens is 1. The molecule has 2 aromatic carbocycles. The maximum Gasteiger partial charge on any atom is 0.272 e. The van der Waals surface area contributed by atoms with E-state index in [9.17, 15) is 13.2 Å². The highest BCUT2D eigenvalue weighted by Gasteiger charge is 2.20. The lowest BCUT2D eigenvalue weighted by Gasteiger charge is -2.23. The van der Waals surface area contributed by atoms with E-state index in [4.69, 9.17) is 4.74 Å². The Bertz CT molecular complexity index is 1220. The minimum Gasteiger partial charge on any atom is -0.370 e. The number of nitrogens with one attached hydrogen (secondary N) is 3. The lowest BCUT2D eigenvalue weighted by Crippen LogP contribution is -3.14. The van der Waals surface area contributed by atoms with Crippen LogP contribution in [0.5, 0.6) is 0 Å². The normalized spacial score (nSPS) is 15.5. The Labute approximate surface area is 174 Å². The van der Waals surface area contributed by atoms with E-state index in [1.54, 1.807) is 31.2 Å². The van der Waals surface area contributed by atoms with E-state index >= 15 is 0 Å². The van der Waals surface area contributed by atoms with E-state index in [0.29, 0.717) is 53.9 Å². The predicted octanol–water partition coefficient (Wildman–Crippen LogP) is 0.0919. The zero-order valence-corrected chi connectivity index (χ0v) is 17.6. The highest BCUT2D eigenvalue weighted by molar-refractivity contribution is 7.89. The first-order valence-electron chi connectivity index (χ1n) is 9.95. The molecule has 8 nitrogen and oxygen atoms in total. The number of ether oxygens (including phenoxy) is 1. The molecular formula is C21H25N4O4S+. The Balaban J connectivity index is 1.62. The molecule has 9 heteroatoms. The van der Waals surface area contributed by atoms with Gasteiger partial charge in [-0.15, -0.1) is 0 Å². The molecule has 3 aromatic rings. The first-order chi connectivity index (χ1) is 14.5. The van der Waals surface area contributed by atoms with Crippen molar-refractivity contribution in [2.45, 2.75) is 11.8 Å². The van der Waals surface area contributed by atoms with Crippen LogP contribution in [0.2, 0.25) is 0 Å². The largest absolute Gasteiger partial charge is 0.370 e. The average Bonchev–Trinajstić information content (AvgIpc) is 2.75. The monoisotopic (exact) mass is 429 g/mol. The van der Waals surface area contributed by atoms with E-state index in [1.165, 1.54) is 4.90 Å². The van der Waals surface area contributed by atoms with Gasteiger partial charge in [0.25, 0.3) is 5.56 Å². The fourth-order valence-electron chi connectivity index (χ4n) is 3.72. The summed E-state index contributed by atoms with van der Waals surface area (Å²) in [5, 5.41) is 7.88. The molecule has 0 saturated carbocycles. The molecule has 1 saturated heterocycles. The summed E-state index contributed by atoms with van der Waals surface area (Å²) >= 11 is 0. The van der Waals surface area contributed by atoms with Crippen molar-refractivity contribution < 1.29 is 18.1 Å². The third-order valence-electron chi connectivity index (χ3n) is 5.42. The number of morpholine rings is 1. The Kier molecular flexibility index (Phi) is 5.96. The minimum atomic E-state index is -3.68. The number of aromatic nitrogens is 2. The second kappa shape index (κ2) is 8.65. The van der Waals surface area contributed by atoms with Crippen LogP contribution in [-0.4, -0.2) is 58.0 Å². The third kappa shape index (κ3) is 4.29. The molecule has 30 heavy (non-hydrogen) atoms. The van der Waals surface area contributed by atoms with Crippen LogP contribution in [0.15, 0.2) is 52.2 Å². The molecule has 2 heterocycles. The predicted molar refractivity (Wildman–Crippen MR) is 114 cm³/mol. The van der Waals surface area contributed by atoms with Crippen LogP contribution >= 0.6 is 0 Å². The number of sulfonamides is 1. The van der Waals surface area contributed by atoms with Crippen LogP contribution in [0.3, 0.4) is 0 Å². The molecule has 0 spiro atoms. The van der Waals surface area contributed by atoms with Gasteiger partial charge in [0, 0.05) is 10.9 Å². The Morgan fingerprint density at radius 1 is 1.13 bits per heavy atom. The molecule has 1 aromatic heterocycles. The maximum absolute atomic E-state index is 13.0. The van der Waals surface area contributed by atoms with Crippen LogP contribution < -0.4 is 15.2 Å². The van der Waals surface area contributed by atoms with Gasteiger partial charge in [-0.3, -0.25) is 4.79 Å². The molecule has 158 valence electrons. The van der Waals surface area contributed by atoms with E-state index in [1.807, 2.05) is 18.2 Å². The Morgan fingerprint density at radius 2 is 1.87 bits per heavy atom. The van der Waals surface area contributed by atoms with Crippen molar-refractivity contribution in [2.75, 3.05) is 39.4 Å². The molecule has 0 atom stereocenters. The second-order valence-electron chi connectivity index (χ2n) is 7.44. The van der Waals surface area contributed by atoms with Gasteiger partial charge < -0.3 is 9.64 Å². The van der Waals surface area contributed by atoms with Crippen molar-refractivity contribution in [3.05, 3.63) is 58.4 Å². The number of rotatable bonds is 6. The van der Waals surface area contributed by atoms with E-state index in [0.717, 1.165) is 13.1 Å². The molecule has 4 rings (SSSR count). The first-order valence-corrected chi connectivity index (χ1v) is 11.4. The van der Waals surface area contributed by atoms with Crippen molar-refractivity contribution in [3.8, 4) is 11.3 Å². The van der Waals surface area contributed by atoms with Crippen molar-refractivity contribution in [1.29, 1.82) is 0 Å². The van der Waals surface area contributed by atoms with E-state index in [2.05, 4.69) is 14.9 Å². The summed E-state index contributed by atoms with van der Waals surface area (Å²) < 4.78 is 34.0. The van der Waals surface area contributed by atoms with E-state index in [-0.39, 0.29) is 10.5 Å². The molecule has 0 radical (unpaired) electrons. The van der Waals surface area contributed by atoms with Crippen molar-refractivity contribution in [2.24, 2.45) is 0 Å². The lowest BCUT2D eigenvalue weighted by molar-refractivity contribution is -0.906. The van der Waals surface area contributed by atoms with Crippen LogP contribution in [0, 0.1) is 6.92 Å².